The molecule has 0 bridgehead atoms. The van der Waals surface area contributed by atoms with E-state index in [0.717, 1.165) is 17.4 Å². The number of rotatable bonds is 8. The number of benzene rings is 2. The van der Waals surface area contributed by atoms with Crippen molar-refractivity contribution in [3.8, 4) is 5.75 Å². The van der Waals surface area contributed by atoms with Crippen LogP contribution in [-0.2, 0) is 9.59 Å². The van der Waals surface area contributed by atoms with Crippen molar-refractivity contribution < 1.29 is 23.1 Å². The fourth-order valence-corrected chi connectivity index (χ4v) is 4.27. The van der Waals surface area contributed by atoms with E-state index < -0.39 is 11.9 Å². The van der Waals surface area contributed by atoms with Crippen LogP contribution in [-0.4, -0.2) is 45.8 Å². The van der Waals surface area contributed by atoms with E-state index in [9.17, 15) is 14.0 Å². The molecular formula is C24H25FN4O4S. The monoisotopic (exact) mass is 484 g/mol. The van der Waals surface area contributed by atoms with Gasteiger partial charge in [0.25, 0.3) is 11.1 Å². The SMILES string of the molecule is C[C@@H](Oc1ccccc1F)c1nnc(SCC(=O)N2CCC(C(=O)Nc3ccccc3)CC2)o1. The maximum Gasteiger partial charge on any atom is 0.277 e. The highest BCUT2D eigenvalue weighted by molar-refractivity contribution is 7.99. The molecule has 1 saturated heterocycles. The van der Waals surface area contributed by atoms with E-state index in [1.54, 1.807) is 24.0 Å². The average molecular weight is 485 g/mol. The van der Waals surface area contributed by atoms with Gasteiger partial charge in [-0.25, -0.2) is 4.39 Å². The van der Waals surface area contributed by atoms with Gasteiger partial charge < -0.3 is 19.4 Å². The first-order valence-electron chi connectivity index (χ1n) is 11.0. The molecule has 1 fully saturated rings. The maximum atomic E-state index is 13.8. The van der Waals surface area contributed by atoms with Crippen molar-refractivity contribution in [2.24, 2.45) is 5.92 Å². The Kier molecular flexibility index (Phi) is 7.79. The molecule has 3 aromatic rings. The number of nitrogens with zero attached hydrogens (tertiary/aromatic N) is 3. The molecule has 4 rings (SSSR count). The maximum absolute atomic E-state index is 13.8. The van der Waals surface area contributed by atoms with Gasteiger partial charge in [0.2, 0.25) is 11.8 Å². The highest BCUT2D eigenvalue weighted by Gasteiger charge is 2.28. The van der Waals surface area contributed by atoms with Gasteiger partial charge in [0.15, 0.2) is 17.7 Å². The van der Waals surface area contributed by atoms with Gasteiger partial charge in [0, 0.05) is 24.7 Å². The van der Waals surface area contributed by atoms with Crippen LogP contribution in [0.1, 0.15) is 31.8 Å². The van der Waals surface area contributed by atoms with Gasteiger partial charge in [-0.05, 0) is 44.0 Å². The molecule has 1 N–H and O–H groups in total. The summed E-state index contributed by atoms with van der Waals surface area (Å²) in [4.78, 5) is 26.8. The number of nitrogens with one attached hydrogen (secondary N) is 1. The minimum Gasteiger partial charge on any atom is -0.478 e. The van der Waals surface area contributed by atoms with Gasteiger partial charge in [-0.1, -0.05) is 42.1 Å². The summed E-state index contributed by atoms with van der Waals surface area (Å²) in [5.41, 5.74) is 0.773. The van der Waals surface area contributed by atoms with Gasteiger partial charge in [0.1, 0.15) is 0 Å². The van der Waals surface area contributed by atoms with E-state index in [1.165, 1.54) is 12.1 Å². The van der Waals surface area contributed by atoms with Crippen LogP contribution in [0.15, 0.2) is 64.2 Å². The fraction of sp³-hybridized carbons (Fsp3) is 0.333. The summed E-state index contributed by atoms with van der Waals surface area (Å²) < 4.78 is 24.9. The number of carbonyl (C=O) groups excluding carboxylic acids is 2. The zero-order chi connectivity index (χ0) is 23.9. The van der Waals surface area contributed by atoms with E-state index in [0.29, 0.717) is 25.9 Å². The Morgan fingerprint density at radius 1 is 1.15 bits per heavy atom. The van der Waals surface area contributed by atoms with Crippen LogP contribution in [0.2, 0.25) is 0 Å². The minimum atomic E-state index is -0.643. The smallest absolute Gasteiger partial charge is 0.277 e. The van der Waals surface area contributed by atoms with Crippen LogP contribution < -0.4 is 10.1 Å². The second kappa shape index (κ2) is 11.1. The minimum absolute atomic E-state index is 0.0159. The third-order valence-electron chi connectivity index (χ3n) is 5.49. The summed E-state index contributed by atoms with van der Waals surface area (Å²) in [5, 5.41) is 11.1. The lowest BCUT2D eigenvalue weighted by atomic mass is 9.96. The van der Waals surface area contributed by atoms with Gasteiger partial charge in [-0.15, -0.1) is 10.2 Å². The molecule has 2 amide bonds. The Labute approximate surface area is 200 Å². The number of hydrogen-bond acceptors (Lipinski definition) is 7. The first-order valence-corrected chi connectivity index (χ1v) is 12.0. The van der Waals surface area contributed by atoms with Crippen molar-refractivity contribution in [1.29, 1.82) is 0 Å². The lowest BCUT2D eigenvalue weighted by Gasteiger charge is -2.31. The molecule has 1 aliphatic heterocycles. The first-order chi connectivity index (χ1) is 16.5. The number of carbonyl (C=O) groups is 2. The molecule has 1 atom stereocenters. The molecule has 0 aliphatic carbocycles. The predicted octanol–water partition coefficient (Wildman–Crippen LogP) is 4.32. The first kappa shape index (κ1) is 23.7. The zero-order valence-corrected chi connectivity index (χ0v) is 19.5. The molecule has 1 aliphatic rings. The molecule has 1 aromatic heterocycles. The third kappa shape index (κ3) is 6.13. The third-order valence-corrected chi connectivity index (χ3v) is 6.29. The number of aromatic nitrogens is 2. The summed E-state index contributed by atoms with van der Waals surface area (Å²) >= 11 is 1.14. The Balaban J connectivity index is 1.21. The van der Waals surface area contributed by atoms with E-state index in [2.05, 4.69) is 15.5 Å². The molecule has 0 saturated carbocycles. The number of thioether (sulfide) groups is 1. The summed E-state index contributed by atoms with van der Waals surface area (Å²) in [6, 6.07) is 15.4. The standard InChI is InChI=1S/C24H25FN4O4S/c1-16(32-20-10-6-5-9-19(20)25)23-27-28-24(33-23)34-15-21(30)29-13-11-17(12-14-29)22(31)26-18-7-3-2-4-8-18/h2-10,16-17H,11-15H2,1H3,(H,26,31)/t16-/m1/s1. The molecule has 8 nitrogen and oxygen atoms in total. The van der Waals surface area contributed by atoms with Crippen LogP contribution in [0.25, 0.3) is 0 Å². The topological polar surface area (TPSA) is 97.6 Å². The lowest BCUT2D eigenvalue weighted by Crippen LogP contribution is -2.42. The summed E-state index contributed by atoms with van der Waals surface area (Å²) in [5.74, 6) is -0.228. The number of ether oxygens (including phenoxy) is 1. The van der Waals surface area contributed by atoms with Crippen LogP contribution in [0.4, 0.5) is 10.1 Å². The number of hydrogen-bond donors (Lipinski definition) is 1. The van der Waals surface area contributed by atoms with Crippen molar-refractivity contribution in [3.63, 3.8) is 0 Å². The van der Waals surface area contributed by atoms with Crippen molar-refractivity contribution in [2.45, 2.75) is 31.1 Å². The average Bonchev–Trinajstić information content (AvgIpc) is 3.34. The molecule has 178 valence electrons. The van der Waals surface area contributed by atoms with Crippen molar-refractivity contribution in [3.05, 3.63) is 66.3 Å². The summed E-state index contributed by atoms with van der Waals surface area (Å²) in [7, 11) is 0. The Hall–Kier alpha value is -3.40. The summed E-state index contributed by atoms with van der Waals surface area (Å²) in [6.45, 7) is 2.72. The zero-order valence-electron chi connectivity index (χ0n) is 18.6. The van der Waals surface area contributed by atoms with Crippen LogP contribution in [0, 0.1) is 11.7 Å². The van der Waals surface area contributed by atoms with E-state index in [-0.39, 0.29) is 40.3 Å². The van der Waals surface area contributed by atoms with E-state index >= 15 is 0 Å². The largest absolute Gasteiger partial charge is 0.478 e. The molecule has 10 heteroatoms. The van der Waals surface area contributed by atoms with Crippen LogP contribution >= 0.6 is 11.8 Å². The highest BCUT2D eigenvalue weighted by atomic mass is 32.2. The Morgan fingerprint density at radius 3 is 2.59 bits per heavy atom. The normalized spacial score (nSPS) is 15.1. The Morgan fingerprint density at radius 2 is 1.85 bits per heavy atom. The van der Waals surface area contributed by atoms with Crippen LogP contribution in [0.5, 0.6) is 5.75 Å². The predicted molar refractivity (Wildman–Crippen MR) is 125 cm³/mol. The number of amides is 2. The number of likely N-dealkylation sites (tertiary alicyclic amines) is 1. The van der Waals surface area contributed by atoms with Gasteiger partial charge in [0.05, 0.1) is 5.75 Å². The molecule has 34 heavy (non-hydrogen) atoms. The molecule has 2 aromatic carbocycles. The summed E-state index contributed by atoms with van der Waals surface area (Å²) in [6.07, 6.45) is 0.588. The number of para-hydroxylation sites is 2. The van der Waals surface area contributed by atoms with Crippen molar-refractivity contribution >= 4 is 29.3 Å². The molecule has 2 heterocycles. The lowest BCUT2D eigenvalue weighted by molar-refractivity contribution is -0.132. The van der Waals surface area contributed by atoms with Gasteiger partial charge >= 0.3 is 0 Å². The van der Waals surface area contributed by atoms with Crippen LogP contribution in [0.3, 0.4) is 0 Å². The molecule has 0 spiro atoms. The second-order valence-corrected chi connectivity index (χ2v) is 8.82. The number of piperidine rings is 1. The molecule has 0 radical (unpaired) electrons. The molecule has 0 unspecified atom stereocenters. The van der Waals surface area contributed by atoms with E-state index in [4.69, 9.17) is 9.15 Å². The van der Waals surface area contributed by atoms with Gasteiger partial charge in [-0.3, -0.25) is 9.59 Å². The van der Waals surface area contributed by atoms with E-state index in [1.807, 2.05) is 30.3 Å². The fourth-order valence-electron chi connectivity index (χ4n) is 3.60. The van der Waals surface area contributed by atoms with Crippen molar-refractivity contribution in [2.75, 3.05) is 24.2 Å². The number of halogens is 1. The molecular weight excluding hydrogens is 459 g/mol. The number of anilines is 1. The Bertz CT molecular complexity index is 1120. The van der Waals surface area contributed by atoms with Gasteiger partial charge in [-0.2, -0.15) is 0 Å². The second-order valence-electron chi connectivity index (χ2n) is 7.90. The quantitative estimate of drug-likeness (QED) is 0.476. The van der Waals surface area contributed by atoms with Crippen molar-refractivity contribution in [1.82, 2.24) is 15.1 Å². The highest BCUT2D eigenvalue weighted by Crippen LogP contribution is 2.26.